The molecular weight excluding hydrogens is 361 g/mol. The standard InChI is InChI=1S/C15H16BrClFNS/c1-2-6-19-14(15-12(16)5-7-20-15)8-10-3-4-11(18)9-13(10)17/h3-5,7,9,14,19H,2,6,8H2,1H3. The summed E-state index contributed by atoms with van der Waals surface area (Å²) in [6.07, 6.45) is 1.81. The highest BCUT2D eigenvalue weighted by Crippen LogP contribution is 2.32. The van der Waals surface area contributed by atoms with Crippen molar-refractivity contribution in [3.05, 3.63) is 55.4 Å². The fourth-order valence-electron chi connectivity index (χ4n) is 2.04. The van der Waals surface area contributed by atoms with Crippen LogP contribution in [0.25, 0.3) is 0 Å². The van der Waals surface area contributed by atoms with E-state index in [0.717, 1.165) is 29.4 Å². The minimum Gasteiger partial charge on any atom is -0.309 e. The molecule has 2 aromatic rings. The minimum absolute atomic E-state index is 0.187. The number of hydrogen-bond acceptors (Lipinski definition) is 2. The Balaban J connectivity index is 2.21. The lowest BCUT2D eigenvalue weighted by Crippen LogP contribution is -2.23. The molecule has 1 aromatic carbocycles. The first kappa shape index (κ1) is 16.0. The van der Waals surface area contributed by atoms with Crippen LogP contribution in [-0.2, 0) is 6.42 Å². The molecule has 0 saturated heterocycles. The van der Waals surface area contributed by atoms with Crippen molar-refractivity contribution < 1.29 is 4.39 Å². The van der Waals surface area contributed by atoms with Crippen molar-refractivity contribution in [2.24, 2.45) is 0 Å². The van der Waals surface area contributed by atoms with Crippen LogP contribution in [0.1, 0.15) is 29.8 Å². The van der Waals surface area contributed by atoms with E-state index >= 15 is 0 Å². The van der Waals surface area contributed by atoms with E-state index in [0.29, 0.717) is 5.02 Å². The average molecular weight is 377 g/mol. The van der Waals surface area contributed by atoms with E-state index in [-0.39, 0.29) is 11.9 Å². The second-order valence-corrected chi connectivity index (χ2v) is 6.79. The van der Waals surface area contributed by atoms with E-state index in [9.17, 15) is 4.39 Å². The highest BCUT2D eigenvalue weighted by Gasteiger charge is 2.17. The van der Waals surface area contributed by atoms with Crippen LogP contribution in [0, 0.1) is 5.82 Å². The van der Waals surface area contributed by atoms with Gasteiger partial charge in [-0.25, -0.2) is 4.39 Å². The Morgan fingerprint density at radius 2 is 2.20 bits per heavy atom. The van der Waals surface area contributed by atoms with Crippen LogP contribution in [0.2, 0.25) is 5.02 Å². The third-order valence-electron chi connectivity index (χ3n) is 3.04. The van der Waals surface area contributed by atoms with Gasteiger partial charge in [0.15, 0.2) is 0 Å². The molecule has 1 N–H and O–H groups in total. The van der Waals surface area contributed by atoms with E-state index in [1.165, 1.54) is 17.0 Å². The predicted octanol–water partition coefficient (Wildman–Crippen LogP) is 5.59. The molecule has 0 saturated carbocycles. The summed E-state index contributed by atoms with van der Waals surface area (Å²) in [4.78, 5) is 1.25. The molecule has 1 unspecified atom stereocenters. The molecular formula is C15H16BrClFNS. The summed E-state index contributed by atoms with van der Waals surface area (Å²) in [6, 6.07) is 6.83. The van der Waals surface area contributed by atoms with Gasteiger partial charge in [-0.3, -0.25) is 0 Å². The van der Waals surface area contributed by atoms with Gasteiger partial charge in [0.25, 0.3) is 0 Å². The highest BCUT2D eigenvalue weighted by atomic mass is 79.9. The van der Waals surface area contributed by atoms with Crippen molar-refractivity contribution in [2.75, 3.05) is 6.54 Å². The molecule has 0 amide bonds. The average Bonchev–Trinajstić information content (AvgIpc) is 2.83. The Kier molecular flexibility index (Phi) is 6.02. The highest BCUT2D eigenvalue weighted by molar-refractivity contribution is 9.10. The molecule has 0 aliphatic heterocycles. The molecule has 108 valence electrons. The molecule has 1 nitrogen and oxygen atoms in total. The van der Waals surface area contributed by atoms with E-state index in [4.69, 9.17) is 11.6 Å². The topological polar surface area (TPSA) is 12.0 Å². The van der Waals surface area contributed by atoms with E-state index in [2.05, 4.69) is 33.6 Å². The Morgan fingerprint density at radius 3 is 2.80 bits per heavy atom. The minimum atomic E-state index is -0.297. The van der Waals surface area contributed by atoms with Gasteiger partial charge < -0.3 is 5.32 Å². The van der Waals surface area contributed by atoms with Gasteiger partial charge in [-0.2, -0.15) is 0 Å². The lowest BCUT2D eigenvalue weighted by Gasteiger charge is -2.19. The third kappa shape index (κ3) is 4.04. The van der Waals surface area contributed by atoms with Crippen molar-refractivity contribution in [1.29, 1.82) is 0 Å². The summed E-state index contributed by atoms with van der Waals surface area (Å²) < 4.78 is 14.2. The smallest absolute Gasteiger partial charge is 0.124 e. The molecule has 0 aliphatic rings. The molecule has 2 rings (SSSR count). The fraction of sp³-hybridized carbons (Fsp3) is 0.333. The molecule has 0 radical (unpaired) electrons. The first-order chi connectivity index (χ1) is 9.61. The zero-order chi connectivity index (χ0) is 14.5. The van der Waals surface area contributed by atoms with Crippen LogP contribution >= 0.6 is 38.9 Å². The lowest BCUT2D eigenvalue weighted by atomic mass is 10.0. The normalized spacial score (nSPS) is 12.6. The van der Waals surface area contributed by atoms with Crippen LogP contribution in [-0.4, -0.2) is 6.54 Å². The number of hydrogen-bond donors (Lipinski definition) is 1. The second-order valence-electron chi connectivity index (χ2n) is 4.58. The van der Waals surface area contributed by atoms with Gasteiger partial charge in [0.1, 0.15) is 5.82 Å². The van der Waals surface area contributed by atoms with E-state index in [1.54, 1.807) is 17.4 Å². The largest absolute Gasteiger partial charge is 0.309 e. The Labute approximate surface area is 136 Å². The number of nitrogens with one attached hydrogen (secondary N) is 1. The van der Waals surface area contributed by atoms with Gasteiger partial charge in [-0.05, 0) is 64.5 Å². The molecule has 1 heterocycles. The van der Waals surface area contributed by atoms with Crippen molar-refractivity contribution in [3.8, 4) is 0 Å². The van der Waals surface area contributed by atoms with Crippen molar-refractivity contribution in [3.63, 3.8) is 0 Å². The molecule has 0 bridgehead atoms. The van der Waals surface area contributed by atoms with Gasteiger partial charge in [0.05, 0.1) is 0 Å². The maximum Gasteiger partial charge on any atom is 0.124 e. The monoisotopic (exact) mass is 375 g/mol. The first-order valence-corrected chi connectivity index (χ1v) is 8.57. The van der Waals surface area contributed by atoms with Crippen molar-refractivity contribution in [2.45, 2.75) is 25.8 Å². The molecule has 0 aliphatic carbocycles. The summed E-state index contributed by atoms with van der Waals surface area (Å²) in [5.41, 5.74) is 0.960. The molecule has 20 heavy (non-hydrogen) atoms. The number of rotatable bonds is 6. The summed E-state index contributed by atoms with van der Waals surface area (Å²) >= 11 is 11.4. The number of benzene rings is 1. The van der Waals surface area contributed by atoms with E-state index in [1.807, 2.05) is 6.07 Å². The maximum atomic E-state index is 13.1. The van der Waals surface area contributed by atoms with Crippen LogP contribution in [0.3, 0.4) is 0 Å². The van der Waals surface area contributed by atoms with Gasteiger partial charge in [-0.1, -0.05) is 24.6 Å². The van der Waals surface area contributed by atoms with Crippen molar-refractivity contribution in [1.82, 2.24) is 5.32 Å². The zero-order valence-electron chi connectivity index (χ0n) is 11.1. The van der Waals surface area contributed by atoms with Crippen LogP contribution in [0.5, 0.6) is 0 Å². The summed E-state index contributed by atoms with van der Waals surface area (Å²) in [5, 5.41) is 6.08. The number of thiophene rings is 1. The summed E-state index contributed by atoms with van der Waals surface area (Å²) in [6.45, 7) is 3.08. The maximum absolute atomic E-state index is 13.1. The SMILES string of the molecule is CCCNC(Cc1ccc(F)cc1Cl)c1sccc1Br. The Bertz CT molecular complexity index is 573. The van der Waals surface area contributed by atoms with Crippen LogP contribution in [0.4, 0.5) is 4.39 Å². The van der Waals surface area contributed by atoms with Crippen molar-refractivity contribution >= 4 is 38.9 Å². The Hall–Kier alpha value is -0.420. The van der Waals surface area contributed by atoms with E-state index < -0.39 is 0 Å². The van der Waals surface area contributed by atoms with Gasteiger partial charge in [-0.15, -0.1) is 11.3 Å². The van der Waals surface area contributed by atoms with Gasteiger partial charge in [0.2, 0.25) is 0 Å². The molecule has 1 aromatic heterocycles. The predicted molar refractivity (Wildman–Crippen MR) is 88.2 cm³/mol. The molecule has 5 heteroatoms. The lowest BCUT2D eigenvalue weighted by molar-refractivity contribution is 0.534. The summed E-state index contributed by atoms with van der Waals surface area (Å²) in [5.74, 6) is -0.297. The van der Waals surface area contributed by atoms with Crippen LogP contribution < -0.4 is 5.32 Å². The van der Waals surface area contributed by atoms with Gasteiger partial charge in [0, 0.05) is 20.4 Å². The zero-order valence-corrected chi connectivity index (χ0v) is 14.3. The van der Waals surface area contributed by atoms with Gasteiger partial charge >= 0.3 is 0 Å². The third-order valence-corrected chi connectivity index (χ3v) is 5.38. The molecule has 0 spiro atoms. The summed E-state index contributed by atoms with van der Waals surface area (Å²) in [7, 11) is 0. The second kappa shape index (κ2) is 7.55. The quantitative estimate of drug-likeness (QED) is 0.693. The number of halogens is 3. The van der Waals surface area contributed by atoms with Crippen LogP contribution in [0.15, 0.2) is 34.1 Å². The molecule has 1 atom stereocenters. The fourth-order valence-corrected chi connectivity index (χ4v) is 4.01. The first-order valence-electron chi connectivity index (χ1n) is 6.52. The Morgan fingerprint density at radius 1 is 1.40 bits per heavy atom. The molecule has 0 fully saturated rings.